The van der Waals surface area contributed by atoms with Gasteiger partial charge in [0.15, 0.2) is 0 Å². The molecule has 14 heavy (non-hydrogen) atoms. The van der Waals surface area contributed by atoms with Crippen molar-refractivity contribution in [3.8, 4) is 0 Å². The molecule has 0 bridgehead atoms. The molecule has 0 aliphatic rings. The van der Waals surface area contributed by atoms with Crippen LogP contribution in [0.15, 0.2) is 12.1 Å². The fraction of sp³-hybridized carbons (Fsp3) is 0. The minimum atomic E-state index is -1.10. The van der Waals surface area contributed by atoms with Gasteiger partial charge < -0.3 is 11.5 Å². The van der Waals surface area contributed by atoms with Crippen LogP contribution < -0.4 is 11.5 Å². The number of primary amides is 1. The van der Waals surface area contributed by atoms with Crippen molar-refractivity contribution in [3.63, 3.8) is 0 Å². The second-order valence-corrected chi connectivity index (χ2v) is 2.51. The number of nitrogens with zero attached hydrogens (tertiary/aromatic N) is 1. The van der Waals surface area contributed by atoms with Gasteiger partial charge in [-0.1, -0.05) is 0 Å². The Labute approximate surface area is 77.5 Å². The SMILES string of the molecule is NC(=O)c1cc([N+](=O)[O-])c(F)cc1N. The number of nitro benzene ring substituents is 1. The van der Waals surface area contributed by atoms with Gasteiger partial charge in [-0.05, 0) is 0 Å². The van der Waals surface area contributed by atoms with E-state index in [1.165, 1.54) is 0 Å². The molecule has 1 aromatic rings. The van der Waals surface area contributed by atoms with E-state index in [1.807, 2.05) is 0 Å². The molecular formula is C7H6FN3O3. The van der Waals surface area contributed by atoms with Gasteiger partial charge in [-0.15, -0.1) is 0 Å². The maximum atomic E-state index is 12.9. The minimum absolute atomic E-state index is 0.222. The van der Waals surface area contributed by atoms with Crippen molar-refractivity contribution in [2.24, 2.45) is 5.73 Å². The molecule has 0 heterocycles. The highest BCUT2D eigenvalue weighted by atomic mass is 19.1. The van der Waals surface area contributed by atoms with Crippen LogP contribution in [0.3, 0.4) is 0 Å². The average Bonchev–Trinajstić information content (AvgIpc) is 2.02. The highest BCUT2D eigenvalue weighted by Gasteiger charge is 2.19. The third-order valence-electron chi connectivity index (χ3n) is 1.58. The molecule has 4 N–H and O–H groups in total. The van der Waals surface area contributed by atoms with Crippen molar-refractivity contribution in [3.05, 3.63) is 33.6 Å². The first-order valence-corrected chi connectivity index (χ1v) is 3.46. The van der Waals surface area contributed by atoms with Crippen molar-refractivity contribution in [2.75, 3.05) is 5.73 Å². The first-order chi connectivity index (χ1) is 6.43. The summed E-state index contributed by atoms with van der Waals surface area (Å²) >= 11 is 0. The van der Waals surface area contributed by atoms with E-state index in [-0.39, 0.29) is 11.3 Å². The van der Waals surface area contributed by atoms with E-state index in [0.29, 0.717) is 12.1 Å². The zero-order chi connectivity index (χ0) is 10.9. The standard InChI is InChI=1S/C7H6FN3O3/c8-4-2-5(9)3(7(10)12)1-6(4)11(13)14/h1-2H,9H2,(H2,10,12). The van der Waals surface area contributed by atoms with Crippen LogP contribution in [0.25, 0.3) is 0 Å². The topological polar surface area (TPSA) is 112 Å². The smallest absolute Gasteiger partial charge is 0.305 e. The van der Waals surface area contributed by atoms with Gasteiger partial charge in [0.1, 0.15) is 0 Å². The van der Waals surface area contributed by atoms with E-state index >= 15 is 0 Å². The summed E-state index contributed by atoms with van der Waals surface area (Å²) in [6.45, 7) is 0. The lowest BCUT2D eigenvalue weighted by Crippen LogP contribution is -2.14. The van der Waals surface area contributed by atoms with Crippen LogP contribution >= 0.6 is 0 Å². The molecule has 7 heteroatoms. The molecular weight excluding hydrogens is 193 g/mol. The van der Waals surface area contributed by atoms with Crippen LogP contribution in [0.5, 0.6) is 0 Å². The first-order valence-electron chi connectivity index (χ1n) is 3.46. The van der Waals surface area contributed by atoms with Crippen LogP contribution in [-0.2, 0) is 0 Å². The quantitative estimate of drug-likeness (QED) is 0.408. The van der Waals surface area contributed by atoms with Crippen molar-refractivity contribution in [1.29, 1.82) is 0 Å². The normalized spacial score (nSPS) is 9.79. The number of hydrogen-bond acceptors (Lipinski definition) is 4. The Morgan fingerprint density at radius 2 is 2.07 bits per heavy atom. The molecule has 6 nitrogen and oxygen atoms in total. The molecule has 1 rings (SSSR count). The number of halogens is 1. The van der Waals surface area contributed by atoms with Gasteiger partial charge in [0.2, 0.25) is 5.82 Å². The molecule has 74 valence electrons. The molecule has 0 radical (unpaired) electrons. The van der Waals surface area contributed by atoms with Gasteiger partial charge in [0.25, 0.3) is 5.91 Å². The average molecular weight is 199 g/mol. The third kappa shape index (κ3) is 1.60. The molecule has 0 aliphatic heterocycles. The Morgan fingerprint density at radius 1 is 1.50 bits per heavy atom. The summed E-state index contributed by atoms with van der Waals surface area (Å²) in [5, 5.41) is 10.3. The number of rotatable bonds is 2. The Kier molecular flexibility index (Phi) is 2.32. The summed E-state index contributed by atoms with van der Waals surface area (Å²) < 4.78 is 12.9. The zero-order valence-electron chi connectivity index (χ0n) is 6.86. The fourth-order valence-corrected chi connectivity index (χ4v) is 0.931. The monoisotopic (exact) mass is 199 g/mol. The lowest BCUT2D eigenvalue weighted by Gasteiger charge is -2.01. The van der Waals surface area contributed by atoms with E-state index < -0.39 is 22.3 Å². The van der Waals surface area contributed by atoms with Crippen LogP contribution in [-0.4, -0.2) is 10.8 Å². The Hall–Kier alpha value is -2.18. The van der Waals surface area contributed by atoms with Gasteiger partial charge in [-0.2, -0.15) is 4.39 Å². The number of anilines is 1. The molecule has 0 spiro atoms. The second kappa shape index (κ2) is 3.29. The fourth-order valence-electron chi connectivity index (χ4n) is 0.931. The van der Waals surface area contributed by atoms with E-state index in [2.05, 4.69) is 0 Å². The van der Waals surface area contributed by atoms with Gasteiger partial charge in [0.05, 0.1) is 10.5 Å². The van der Waals surface area contributed by atoms with E-state index in [1.54, 1.807) is 0 Å². The summed E-state index contributed by atoms with van der Waals surface area (Å²) in [6, 6.07) is 1.41. The molecule has 0 saturated carbocycles. The predicted molar refractivity (Wildman–Crippen MR) is 46.0 cm³/mol. The number of carbonyl (C=O) groups excluding carboxylic acids is 1. The lowest BCUT2D eigenvalue weighted by atomic mass is 10.1. The van der Waals surface area contributed by atoms with Crippen LogP contribution in [0.4, 0.5) is 15.8 Å². The molecule has 0 aliphatic carbocycles. The van der Waals surface area contributed by atoms with Crippen molar-refractivity contribution in [2.45, 2.75) is 0 Å². The zero-order valence-corrected chi connectivity index (χ0v) is 6.86. The summed E-state index contributed by atoms with van der Waals surface area (Å²) in [4.78, 5) is 20.0. The van der Waals surface area contributed by atoms with Gasteiger partial charge in [-0.3, -0.25) is 14.9 Å². The Balaban J connectivity index is 3.42. The Bertz CT molecular complexity index is 384. The molecule has 0 unspecified atom stereocenters. The number of nitro groups is 1. The second-order valence-electron chi connectivity index (χ2n) is 2.51. The summed E-state index contributed by atoms with van der Waals surface area (Å²) in [5.74, 6) is -2.04. The van der Waals surface area contributed by atoms with Gasteiger partial charge in [-0.25, -0.2) is 0 Å². The number of carbonyl (C=O) groups is 1. The summed E-state index contributed by atoms with van der Waals surface area (Å²) in [7, 11) is 0. The molecule has 1 aromatic carbocycles. The maximum Gasteiger partial charge on any atom is 0.305 e. The van der Waals surface area contributed by atoms with Crippen LogP contribution in [0.1, 0.15) is 10.4 Å². The number of nitrogens with two attached hydrogens (primary N) is 2. The third-order valence-corrected chi connectivity index (χ3v) is 1.58. The highest BCUT2D eigenvalue weighted by Crippen LogP contribution is 2.23. The van der Waals surface area contributed by atoms with E-state index in [0.717, 1.165) is 0 Å². The molecule has 0 atom stereocenters. The van der Waals surface area contributed by atoms with Gasteiger partial charge >= 0.3 is 5.69 Å². The van der Waals surface area contributed by atoms with E-state index in [9.17, 15) is 19.3 Å². The van der Waals surface area contributed by atoms with Crippen molar-refractivity contribution in [1.82, 2.24) is 0 Å². The van der Waals surface area contributed by atoms with Gasteiger partial charge in [0, 0.05) is 17.8 Å². The lowest BCUT2D eigenvalue weighted by molar-refractivity contribution is -0.387. The maximum absolute atomic E-state index is 12.9. The molecule has 1 amide bonds. The largest absolute Gasteiger partial charge is 0.398 e. The molecule has 0 saturated heterocycles. The van der Waals surface area contributed by atoms with Crippen molar-refractivity contribution < 1.29 is 14.1 Å². The highest BCUT2D eigenvalue weighted by molar-refractivity contribution is 5.98. The first kappa shape index (κ1) is 9.90. The predicted octanol–water partition coefficient (Wildman–Crippen LogP) is 0.415. The van der Waals surface area contributed by atoms with E-state index in [4.69, 9.17) is 11.5 Å². The van der Waals surface area contributed by atoms with Crippen molar-refractivity contribution >= 4 is 17.3 Å². The number of benzene rings is 1. The minimum Gasteiger partial charge on any atom is -0.398 e. The Morgan fingerprint density at radius 3 is 2.50 bits per heavy atom. The van der Waals surface area contributed by atoms with Crippen LogP contribution in [0, 0.1) is 15.9 Å². The van der Waals surface area contributed by atoms with Crippen LogP contribution in [0.2, 0.25) is 0 Å². The summed E-state index contributed by atoms with van der Waals surface area (Å²) in [5.41, 5.74) is 8.78. The molecule has 0 fully saturated rings. The molecule has 0 aromatic heterocycles. The number of nitrogen functional groups attached to an aromatic ring is 1. The number of hydrogen-bond donors (Lipinski definition) is 2. The summed E-state index contributed by atoms with van der Waals surface area (Å²) in [6.07, 6.45) is 0. The number of amides is 1.